The van der Waals surface area contributed by atoms with Crippen molar-refractivity contribution in [2.24, 2.45) is 0 Å². The summed E-state index contributed by atoms with van der Waals surface area (Å²) >= 11 is 4.82. The van der Waals surface area contributed by atoms with Crippen molar-refractivity contribution in [3.05, 3.63) is 18.2 Å². The third-order valence-corrected chi connectivity index (χ3v) is 2.13. The fourth-order valence-electron chi connectivity index (χ4n) is 1.02. The summed E-state index contributed by atoms with van der Waals surface area (Å²) in [5, 5.41) is -0.273. The first-order valence-corrected chi connectivity index (χ1v) is 5.41. The molecule has 0 aliphatic rings. The van der Waals surface area contributed by atoms with Gasteiger partial charge in [-0.25, -0.2) is 0 Å². The van der Waals surface area contributed by atoms with Crippen LogP contribution >= 0.6 is 11.6 Å². The van der Waals surface area contributed by atoms with Crippen LogP contribution in [-0.4, -0.2) is 26.6 Å². The monoisotopic (exact) mass is 260 g/mol. The van der Waals surface area contributed by atoms with Crippen LogP contribution in [-0.2, 0) is 4.79 Å². The molecule has 0 radical (unpaired) electrons. The molecular formula is C12H17ClO4. The quantitative estimate of drug-likeness (QED) is 0.781. The maximum atomic E-state index is 9.58. The summed E-state index contributed by atoms with van der Waals surface area (Å²) in [5.41, 5.74) is 0. The Labute approximate surface area is 106 Å². The zero-order valence-electron chi connectivity index (χ0n) is 10.5. The van der Waals surface area contributed by atoms with E-state index in [1.54, 1.807) is 28.3 Å². The Bertz CT molecular complexity index is 330. The Morgan fingerprint density at radius 2 is 1.53 bits per heavy atom. The Morgan fingerprint density at radius 1 is 1.12 bits per heavy atom. The van der Waals surface area contributed by atoms with Crippen LogP contribution in [0.25, 0.3) is 0 Å². The van der Waals surface area contributed by atoms with E-state index in [0.717, 1.165) is 0 Å². The highest BCUT2D eigenvalue weighted by molar-refractivity contribution is 6.63. The molecule has 0 aromatic heterocycles. The molecule has 1 aromatic rings. The first-order valence-electron chi connectivity index (χ1n) is 5.03. The molecule has 0 N–H and O–H groups in total. The van der Waals surface area contributed by atoms with Crippen LogP contribution < -0.4 is 14.2 Å². The lowest BCUT2D eigenvalue weighted by atomic mass is 10.3. The van der Waals surface area contributed by atoms with Gasteiger partial charge in [0.2, 0.25) is 11.0 Å². The second-order valence-electron chi connectivity index (χ2n) is 2.90. The van der Waals surface area contributed by atoms with Gasteiger partial charge in [0.1, 0.15) is 0 Å². The fourth-order valence-corrected chi connectivity index (χ4v) is 1.02. The number of hydrogen-bond acceptors (Lipinski definition) is 4. The molecule has 0 bridgehead atoms. The summed E-state index contributed by atoms with van der Waals surface area (Å²) in [4.78, 5) is 9.58. The number of hydrogen-bond donors (Lipinski definition) is 0. The van der Waals surface area contributed by atoms with Crippen LogP contribution in [0.5, 0.6) is 17.2 Å². The molecule has 96 valence electrons. The van der Waals surface area contributed by atoms with Crippen molar-refractivity contribution in [1.82, 2.24) is 0 Å². The zero-order chi connectivity index (χ0) is 13.3. The molecule has 1 rings (SSSR count). The van der Waals surface area contributed by atoms with Crippen LogP contribution in [0.2, 0.25) is 0 Å². The second-order valence-corrected chi connectivity index (χ2v) is 3.33. The Morgan fingerprint density at radius 3 is 1.76 bits per heavy atom. The molecule has 0 atom stereocenters. The molecule has 0 spiro atoms. The highest BCUT2D eigenvalue weighted by atomic mass is 35.5. The van der Waals surface area contributed by atoms with Gasteiger partial charge in [-0.15, -0.1) is 0 Å². The smallest absolute Gasteiger partial charge is 0.221 e. The maximum absolute atomic E-state index is 9.58. The van der Waals surface area contributed by atoms with Gasteiger partial charge in [0.15, 0.2) is 11.5 Å². The van der Waals surface area contributed by atoms with E-state index in [-0.39, 0.29) is 5.24 Å². The molecule has 17 heavy (non-hydrogen) atoms. The Balaban J connectivity index is 0.000000437. The van der Waals surface area contributed by atoms with E-state index in [2.05, 4.69) is 0 Å². The molecule has 0 heterocycles. The van der Waals surface area contributed by atoms with Crippen molar-refractivity contribution in [2.75, 3.05) is 21.3 Å². The van der Waals surface area contributed by atoms with E-state index < -0.39 is 0 Å². The second kappa shape index (κ2) is 8.70. The third-order valence-electron chi connectivity index (χ3n) is 1.86. The number of halogens is 1. The minimum Gasteiger partial charge on any atom is -0.493 e. The lowest BCUT2D eigenvalue weighted by Gasteiger charge is -2.10. The van der Waals surface area contributed by atoms with Crippen molar-refractivity contribution >= 4 is 16.8 Å². The van der Waals surface area contributed by atoms with Crippen molar-refractivity contribution in [1.29, 1.82) is 0 Å². The van der Waals surface area contributed by atoms with E-state index in [9.17, 15) is 4.79 Å². The first kappa shape index (κ1) is 15.6. The number of carbonyl (C=O) groups excluding carboxylic acids is 1. The van der Waals surface area contributed by atoms with Gasteiger partial charge in [0.05, 0.1) is 21.3 Å². The van der Waals surface area contributed by atoms with E-state index in [4.69, 9.17) is 25.8 Å². The van der Waals surface area contributed by atoms with Crippen molar-refractivity contribution in [3.63, 3.8) is 0 Å². The SMILES string of the molecule is CCC(=O)Cl.COc1cccc(OC)c1OC. The highest BCUT2D eigenvalue weighted by Gasteiger charge is 2.08. The standard InChI is InChI=1S/C9H12O3.C3H5ClO/c1-10-7-5-4-6-8(11-2)9(7)12-3;1-2-3(4)5/h4-6H,1-3H3;2H2,1H3. The van der Waals surface area contributed by atoms with Crippen molar-refractivity contribution < 1.29 is 19.0 Å². The summed E-state index contributed by atoms with van der Waals surface area (Å²) in [7, 11) is 4.77. The summed E-state index contributed by atoms with van der Waals surface area (Å²) in [6, 6.07) is 5.49. The summed E-state index contributed by atoms with van der Waals surface area (Å²) in [5.74, 6) is 1.98. The van der Waals surface area contributed by atoms with E-state index >= 15 is 0 Å². The molecule has 4 nitrogen and oxygen atoms in total. The molecule has 0 aliphatic carbocycles. The molecule has 0 amide bonds. The van der Waals surface area contributed by atoms with E-state index in [1.807, 2.05) is 18.2 Å². The van der Waals surface area contributed by atoms with E-state index in [1.165, 1.54) is 0 Å². The predicted molar refractivity (Wildman–Crippen MR) is 67.2 cm³/mol. The number of ether oxygens (including phenoxy) is 3. The molecule has 0 fully saturated rings. The topological polar surface area (TPSA) is 44.8 Å². The predicted octanol–water partition coefficient (Wildman–Crippen LogP) is 2.87. The minimum atomic E-state index is -0.273. The third kappa shape index (κ3) is 5.45. The Kier molecular flexibility index (Phi) is 7.97. The van der Waals surface area contributed by atoms with Crippen LogP contribution in [0.4, 0.5) is 0 Å². The molecular weight excluding hydrogens is 244 g/mol. The lowest BCUT2D eigenvalue weighted by Crippen LogP contribution is -1.93. The van der Waals surface area contributed by atoms with Gasteiger partial charge in [-0.2, -0.15) is 0 Å². The van der Waals surface area contributed by atoms with Gasteiger partial charge in [-0.05, 0) is 23.7 Å². The van der Waals surface area contributed by atoms with Gasteiger partial charge in [0, 0.05) is 6.42 Å². The van der Waals surface area contributed by atoms with Crippen molar-refractivity contribution in [2.45, 2.75) is 13.3 Å². The van der Waals surface area contributed by atoms with Gasteiger partial charge >= 0.3 is 0 Å². The van der Waals surface area contributed by atoms with Gasteiger partial charge in [0.25, 0.3) is 0 Å². The normalized spacial score (nSPS) is 8.76. The zero-order valence-corrected chi connectivity index (χ0v) is 11.2. The van der Waals surface area contributed by atoms with Crippen LogP contribution in [0.1, 0.15) is 13.3 Å². The van der Waals surface area contributed by atoms with Crippen LogP contribution in [0.3, 0.4) is 0 Å². The van der Waals surface area contributed by atoms with Gasteiger partial charge < -0.3 is 14.2 Å². The first-order chi connectivity index (χ1) is 8.10. The molecule has 0 aliphatic heterocycles. The van der Waals surface area contributed by atoms with E-state index in [0.29, 0.717) is 23.7 Å². The number of benzene rings is 1. The number of methoxy groups -OCH3 is 3. The lowest BCUT2D eigenvalue weighted by molar-refractivity contribution is -0.111. The fraction of sp³-hybridized carbons (Fsp3) is 0.417. The number of carbonyl (C=O) groups is 1. The van der Waals surface area contributed by atoms with Crippen molar-refractivity contribution in [3.8, 4) is 17.2 Å². The summed E-state index contributed by atoms with van der Waals surface area (Å²) < 4.78 is 15.3. The average molecular weight is 261 g/mol. The highest BCUT2D eigenvalue weighted by Crippen LogP contribution is 2.35. The summed E-state index contributed by atoms with van der Waals surface area (Å²) in [6.07, 6.45) is 0.432. The minimum absolute atomic E-state index is 0.273. The van der Waals surface area contributed by atoms with Gasteiger partial charge in [-0.1, -0.05) is 13.0 Å². The van der Waals surface area contributed by atoms with Crippen LogP contribution in [0, 0.1) is 0 Å². The molecule has 1 aromatic carbocycles. The molecule has 5 heteroatoms. The van der Waals surface area contributed by atoms with Crippen LogP contribution in [0.15, 0.2) is 18.2 Å². The Hall–Kier alpha value is -1.42. The van der Waals surface area contributed by atoms with Gasteiger partial charge in [-0.3, -0.25) is 4.79 Å². The largest absolute Gasteiger partial charge is 0.493 e. The number of para-hydroxylation sites is 1. The average Bonchev–Trinajstić information content (AvgIpc) is 2.37. The molecule has 0 saturated heterocycles. The molecule has 0 saturated carbocycles. The summed E-state index contributed by atoms with van der Waals surface area (Å²) in [6.45, 7) is 1.72. The molecule has 0 unspecified atom stereocenters. The number of rotatable bonds is 4. The maximum Gasteiger partial charge on any atom is 0.221 e.